The van der Waals surface area contributed by atoms with Crippen molar-refractivity contribution in [2.75, 3.05) is 36.2 Å². The molecule has 0 aliphatic carbocycles. The Hall–Kier alpha value is -7.00. The topological polar surface area (TPSA) is 99.5 Å². The molecular weight excluding hydrogens is 797 g/mol. The maximum Gasteiger partial charge on any atom is 0.306 e. The Labute approximate surface area is 377 Å². The van der Waals surface area contributed by atoms with E-state index < -0.39 is 0 Å². The molecule has 7 aromatic carbocycles. The minimum absolute atomic E-state index is 0.0220. The largest absolute Gasteiger partial charge is 0.463 e. The van der Waals surface area contributed by atoms with Crippen LogP contribution in [0.4, 0.5) is 34.1 Å². The van der Waals surface area contributed by atoms with Gasteiger partial charge in [-0.25, -0.2) is 0 Å². The van der Waals surface area contributed by atoms with Crippen LogP contribution in [0.5, 0.6) is 0 Å². The highest BCUT2D eigenvalue weighted by Crippen LogP contribution is 2.39. The van der Waals surface area contributed by atoms with Crippen molar-refractivity contribution in [2.24, 2.45) is 0 Å². The fourth-order valence-corrected chi connectivity index (χ4v) is 7.66. The SMILES string of the molecule is Cc1ccc(N(c2ccc(CCC(=O)OCCO)cc2)c2ccc(-c3ccc(-c4ccc(N(c5ccc(CCC(=O)OCCO)cc5)c5ccc(C)c(C)c5)cc4)cc3)cc2)cc1C. The van der Waals surface area contributed by atoms with Gasteiger partial charge in [0.25, 0.3) is 0 Å². The van der Waals surface area contributed by atoms with E-state index in [1.165, 1.54) is 22.3 Å². The highest BCUT2D eigenvalue weighted by molar-refractivity contribution is 5.81. The molecular formula is C56H56N2O6. The van der Waals surface area contributed by atoms with Crippen LogP contribution in [0.1, 0.15) is 46.2 Å². The van der Waals surface area contributed by atoms with Gasteiger partial charge in [0, 0.05) is 47.0 Å². The summed E-state index contributed by atoms with van der Waals surface area (Å²) in [5.74, 6) is -0.627. The van der Waals surface area contributed by atoms with Gasteiger partial charge < -0.3 is 29.5 Å². The average Bonchev–Trinajstić information content (AvgIpc) is 3.32. The van der Waals surface area contributed by atoms with Crippen molar-refractivity contribution in [1.29, 1.82) is 0 Å². The molecule has 0 aromatic heterocycles. The van der Waals surface area contributed by atoms with Crippen molar-refractivity contribution < 1.29 is 29.3 Å². The lowest BCUT2D eigenvalue weighted by Crippen LogP contribution is -2.11. The zero-order chi connectivity index (χ0) is 45.0. The van der Waals surface area contributed by atoms with Gasteiger partial charge in [0.1, 0.15) is 13.2 Å². The number of anilines is 6. The van der Waals surface area contributed by atoms with Crippen molar-refractivity contribution in [3.05, 3.63) is 191 Å². The normalized spacial score (nSPS) is 11.0. The smallest absolute Gasteiger partial charge is 0.306 e. The number of rotatable bonds is 18. The Bertz CT molecular complexity index is 2450. The monoisotopic (exact) mass is 852 g/mol. The summed E-state index contributed by atoms with van der Waals surface area (Å²) >= 11 is 0. The third kappa shape index (κ3) is 11.3. The summed E-state index contributed by atoms with van der Waals surface area (Å²) in [7, 11) is 0. The van der Waals surface area contributed by atoms with Crippen LogP contribution in [-0.2, 0) is 31.9 Å². The van der Waals surface area contributed by atoms with E-state index in [2.05, 4.69) is 195 Å². The number of aryl methyl sites for hydroxylation is 6. The number of nitrogens with zero attached hydrogens (tertiary/aromatic N) is 2. The summed E-state index contributed by atoms with van der Waals surface area (Å²) in [4.78, 5) is 28.5. The van der Waals surface area contributed by atoms with E-state index in [4.69, 9.17) is 19.7 Å². The molecule has 8 nitrogen and oxygen atoms in total. The Kier molecular flexibility index (Phi) is 15.0. The number of ether oxygens (including phenoxy) is 2. The second-order valence-corrected chi connectivity index (χ2v) is 16.1. The third-order valence-corrected chi connectivity index (χ3v) is 11.6. The molecule has 0 heterocycles. The molecule has 0 amide bonds. The molecule has 0 atom stereocenters. The Morgan fingerprint density at radius 2 is 0.672 bits per heavy atom. The average molecular weight is 853 g/mol. The lowest BCUT2D eigenvalue weighted by atomic mass is 9.99. The van der Waals surface area contributed by atoms with Gasteiger partial charge in [0.15, 0.2) is 0 Å². The van der Waals surface area contributed by atoms with E-state index in [-0.39, 0.29) is 51.2 Å². The van der Waals surface area contributed by atoms with Gasteiger partial charge in [-0.1, -0.05) is 84.9 Å². The van der Waals surface area contributed by atoms with Gasteiger partial charge in [0.2, 0.25) is 0 Å². The van der Waals surface area contributed by atoms with Crippen LogP contribution in [-0.4, -0.2) is 48.6 Å². The van der Waals surface area contributed by atoms with Crippen LogP contribution >= 0.6 is 0 Å². The lowest BCUT2D eigenvalue weighted by Gasteiger charge is -2.26. The number of hydrogen-bond donors (Lipinski definition) is 2. The summed E-state index contributed by atoms with van der Waals surface area (Å²) in [6.45, 7) is 8.20. The van der Waals surface area contributed by atoms with Crippen molar-refractivity contribution >= 4 is 46.1 Å². The van der Waals surface area contributed by atoms with Crippen LogP contribution in [0.2, 0.25) is 0 Å². The number of esters is 2. The quantitative estimate of drug-likeness (QED) is 0.0824. The van der Waals surface area contributed by atoms with E-state index in [1.807, 2.05) is 0 Å². The molecule has 0 saturated heterocycles. The number of aliphatic hydroxyl groups excluding tert-OH is 2. The number of aliphatic hydroxyl groups is 2. The van der Waals surface area contributed by atoms with Gasteiger partial charge in [-0.15, -0.1) is 0 Å². The Morgan fingerprint density at radius 1 is 0.391 bits per heavy atom. The van der Waals surface area contributed by atoms with Crippen LogP contribution in [0.3, 0.4) is 0 Å². The van der Waals surface area contributed by atoms with Crippen LogP contribution < -0.4 is 9.80 Å². The van der Waals surface area contributed by atoms with Crippen LogP contribution in [0.15, 0.2) is 158 Å². The number of carbonyl (C=O) groups excluding carboxylic acids is 2. The highest BCUT2D eigenvalue weighted by Gasteiger charge is 2.17. The number of carbonyl (C=O) groups is 2. The van der Waals surface area contributed by atoms with Crippen LogP contribution in [0.25, 0.3) is 22.3 Å². The van der Waals surface area contributed by atoms with Crippen molar-refractivity contribution in [1.82, 2.24) is 0 Å². The minimum Gasteiger partial charge on any atom is -0.463 e. The highest BCUT2D eigenvalue weighted by atomic mass is 16.5. The molecule has 326 valence electrons. The molecule has 7 rings (SSSR count). The van der Waals surface area contributed by atoms with E-state index in [0.29, 0.717) is 12.8 Å². The first-order valence-electron chi connectivity index (χ1n) is 21.9. The van der Waals surface area contributed by atoms with E-state index >= 15 is 0 Å². The summed E-state index contributed by atoms with van der Waals surface area (Å²) in [6, 6.07) is 55.6. The molecule has 0 unspecified atom stereocenters. The zero-order valence-electron chi connectivity index (χ0n) is 37.1. The second kappa shape index (κ2) is 21.4. The summed E-state index contributed by atoms with van der Waals surface area (Å²) in [5, 5.41) is 17.9. The van der Waals surface area contributed by atoms with Gasteiger partial charge in [-0.3, -0.25) is 9.59 Å². The van der Waals surface area contributed by atoms with E-state index in [1.54, 1.807) is 0 Å². The molecule has 0 radical (unpaired) electrons. The predicted octanol–water partition coefficient (Wildman–Crippen LogP) is 12.1. The summed E-state index contributed by atoms with van der Waals surface area (Å²) in [6.07, 6.45) is 1.65. The first-order chi connectivity index (χ1) is 31.1. The molecule has 0 spiro atoms. The van der Waals surface area contributed by atoms with E-state index in [9.17, 15) is 9.59 Å². The molecule has 0 aliphatic rings. The first-order valence-corrected chi connectivity index (χ1v) is 21.9. The van der Waals surface area contributed by atoms with Gasteiger partial charge in [0.05, 0.1) is 13.2 Å². The predicted molar refractivity (Wildman–Crippen MR) is 258 cm³/mol. The van der Waals surface area contributed by atoms with Gasteiger partial charge in [-0.2, -0.15) is 0 Å². The molecule has 8 heteroatoms. The second-order valence-electron chi connectivity index (χ2n) is 16.1. The lowest BCUT2D eigenvalue weighted by molar-refractivity contribution is -0.145. The minimum atomic E-state index is -0.314. The standard InChI is InChI=1S/C56H56N2O6/c1-39-5-21-53(37-41(39)3)57(49-23-7-43(8-24-49)11-31-55(61)63-35-33-59)51-27-17-47(18-28-51)45-13-15-46(16-14-45)48-19-29-52(30-20-48)58(54-22-6-40(2)42(4)38-54)50-25-9-44(10-26-50)12-32-56(62)64-36-34-60/h5-10,13-30,37-38,59-60H,11-12,31-36H2,1-4H3. The number of benzene rings is 7. The molecule has 7 aromatic rings. The summed E-state index contributed by atoms with van der Waals surface area (Å²) < 4.78 is 10.1. The zero-order valence-corrected chi connectivity index (χ0v) is 37.1. The maximum absolute atomic E-state index is 12.0. The number of hydrogen-bond acceptors (Lipinski definition) is 8. The molecule has 0 bridgehead atoms. The van der Waals surface area contributed by atoms with Crippen molar-refractivity contribution in [2.45, 2.75) is 53.4 Å². The fourth-order valence-electron chi connectivity index (χ4n) is 7.66. The summed E-state index contributed by atoms with van der Waals surface area (Å²) in [5.41, 5.74) is 17.7. The molecule has 0 saturated carbocycles. The third-order valence-electron chi connectivity index (χ3n) is 11.6. The van der Waals surface area contributed by atoms with Crippen molar-refractivity contribution in [3.8, 4) is 22.3 Å². The Morgan fingerprint density at radius 3 is 0.969 bits per heavy atom. The van der Waals surface area contributed by atoms with Crippen LogP contribution in [0, 0.1) is 27.7 Å². The fraction of sp³-hybridized carbons (Fsp3) is 0.214. The van der Waals surface area contributed by atoms with Gasteiger partial charge >= 0.3 is 11.9 Å². The first kappa shape index (κ1) is 45.0. The molecule has 0 fully saturated rings. The van der Waals surface area contributed by atoms with E-state index in [0.717, 1.165) is 67.5 Å². The molecule has 64 heavy (non-hydrogen) atoms. The molecule has 0 aliphatic heterocycles. The Balaban J connectivity index is 1.08. The maximum atomic E-state index is 12.0. The molecule has 2 N–H and O–H groups in total. The van der Waals surface area contributed by atoms with Gasteiger partial charge in [-0.05, 0) is 169 Å². The van der Waals surface area contributed by atoms with Crippen molar-refractivity contribution in [3.63, 3.8) is 0 Å².